The van der Waals surface area contributed by atoms with E-state index in [-0.39, 0.29) is 23.5 Å². The molecule has 2 saturated heterocycles. The number of aromatic amines is 1. The number of nitrogens with one attached hydrogen (secondary N) is 1. The molecule has 120 valence electrons. The summed E-state index contributed by atoms with van der Waals surface area (Å²) in [6.45, 7) is 4.54. The smallest absolute Gasteiger partial charge is 0.251 e. The molecule has 0 aliphatic carbocycles. The lowest BCUT2D eigenvalue weighted by atomic mass is 9.98. The third kappa shape index (κ3) is 3.36. The first-order chi connectivity index (χ1) is 10.6. The van der Waals surface area contributed by atoms with Crippen LogP contribution in [0.25, 0.3) is 0 Å². The Morgan fingerprint density at radius 1 is 1.36 bits per heavy atom. The number of aromatic nitrogens is 2. The van der Waals surface area contributed by atoms with Gasteiger partial charge in [-0.05, 0) is 19.8 Å². The molecule has 7 nitrogen and oxygen atoms in total. The van der Waals surface area contributed by atoms with Gasteiger partial charge in [0.1, 0.15) is 11.9 Å². The van der Waals surface area contributed by atoms with E-state index in [0.29, 0.717) is 44.4 Å². The maximum absolute atomic E-state index is 12.6. The Morgan fingerprint density at radius 3 is 2.86 bits per heavy atom. The summed E-state index contributed by atoms with van der Waals surface area (Å²) in [6, 6.07) is 1.44. The molecule has 2 aliphatic heterocycles. The Kier molecular flexibility index (Phi) is 4.54. The SMILES string of the molecule is Cc1cc(=O)[nH]c([C@@H]2CN(C(=O)C3CCOCC3)CCO2)n1. The first-order valence-electron chi connectivity index (χ1n) is 7.69. The van der Waals surface area contributed by atoms with E-state index in [1.807, 2.05) is 4.90 Å². The van der Waals surface area contributed by atoms with Crippen LogP contribution in [0.4, 0.5) is 0 Å². The minimum absolute atomic E-state index is 0.0389. The van der Waals surface area contributed by atoms with Gasteiger partial charge in [-0.3, -0.25) is 9.59 Å². The van der Waals surface area contributed by atoms with Crippen molar-refractivity contribution in [2.75, 3.05) is 32.9 Å². The topological polar surface area (TPSA) is 84.5 Å². The van der Waals surface area contributed by atoms with Crippen molar-refractivity contribution in [3.63, 3.8) is 0 Å². The molecule has 0 bridgehead atoms. The van der Waals surface area contributed by atoms with Crippen LogP contribution in [0.3, 0.4) is 0 Å². The fourth-order valence-electron chi connectivity index (χ4n) is 2.97. The van der Waals surface area contributed by atoms with Gasteiger partial charge < -0.3 is 19.4 Å². The highest BCUT2D eigenvalue weighted by atomic mass is 16.5. The van der Waals surface area contributed by atoms with E-state index in [0.717, 1.165) is 12.8 Å². The highest BCUT2D eigenvalue weighted by Gasteiger charge is 2.31. The van der Waals surface area contributed by atoms with E-state index in [2.05, 4.69) is 9.97 Å². The van der Waals surface area contributed by atoms with Crippen LogP contribution in [0.15, 0.2) is 10.9 Å². The lowest BCUT2D eigenvalue weighted by Crippen LogP contribution is -2.46. The van der Waals surface area contributed by atoms with Crippen molar-refractivity contribution in [2.45, 2.75) is 25.9 Å². The van der Waals surface area contributed by atoms with Gasteiger partial charge in [-0.25, -0.2) is 4.98 Å². The first-order valence-corrected chi connectivity index (χ1v) is 7.69. The number of amides is 1. The van der Waals surface area contributed by atoms with Crippen molar-refractivity contribution in [1.29, 1.82) is 0 Å². The van der Waals surface area contributed by atoms with Crippen molar-refractivity contribution in [1.82, 2.24) is 14.9 Å². The molecule has 1 N–H and O–H groups in total. The first kappa shape index (κ1) is 15.2. The number of carbonyl (C=O) groups is 1. The van der Waals surface area contributed by atoms with Crippen molar-refractivity contribution in [3.05, 3.63) is 27.9 Å². The molecular weight excluding hydrogens is 286 g/mol. The molecule has 1 aromatic heterocycles. The molecule has 0 saturated carbocycles. The van der Waals surface area contributed by atoms with Crippen molar-refractivity contribution in [2.24, 2.45) is 5.92 Å². The Balaban J connectivity index is 1.70. The summed E-state index contributed by atoms with van der Waals surface area (Å²) in [5.74, 6) is 0.693. The Bertz CT molecular complexity index is 595. The largest absolute Gasteiger partial charge is 0.381 e. The monoisotopic (exact) mass is 307 g/mol. The fraction of sp³-hybridized carbons (Fsp3) is 0.667. The van der Waals surface area contributed by atoms with Crippen LogP contribution >= 0.6 is 0 Å². The van der Waals surface area contributed by atoms with Crippen LogP contribution in [0.2, 0.25) is 0 Å². The predicted octanol–water partition coefficient (Wildman–Crippen LogP) is 0.405. The molecule has 1 atom stereocenters. The van der Waals surface area contributed by atoms with Crippen LogP contribution < -0.4 is 5.56 Å². The molecule has 1 amide bonds. The molecule has 0 unspecified atom stereocenters. The van der Waals surface area contributed by atoms with Gasteiger partial charge in [0.25, 0.3) is 5.56 Å². The van der Waals surface area contributed by atoms with Gasteiger partial charge >= 0.3 is 0 Å². The number of hydrogen-bond acceptors (Lipinski definition) is 5. The van der Waals surface area contributed by atoms with E-state index in [1.54, 1.807) is 6.92 Å². The molecule has 1 aromatic rings. The number of rotatable bonds is 2. The molecular formula is C15H21N3O4. The van der Waals surface area contributed by atoms with E-state index in [1.165, 1.54) is 6.07 Å². The van der Waals surface area contributed by atoms with Gasteiger partial charge in [0.05, 0.1) is 13.2 Å². The zero-order valence-electron chi connectivity index (χ0n) is 12.7. The average molecular weight is 307 g/mol. The van der Waals surface area contributed by atoms with E-state index in [9.17, 15) is 9.59 Å². The van der Waals surface area contributed by atoms with Crippen LogP contribution in [-0.4, -0.2) is 53.7 Å². The predicted molar refractivity (Wildman–Crippen MR) is 78.4 cm³/mol. The summed E-state index contributed by atoms with van der Waals surface area (Å²) in [5.41, 5.74) is 0.453. The Hall–Kier alpha value is -1.73. The molecule has 0 radical (unpaired) electrons. The van der Waals surface area contributed by atoms with E-state index < -0.39 is 0 Å². The zero-order chi connectivity index (χ0) is 15.5. The number of H-pyrrole nitrogens is 1. The molecule has 2 fully saturated rings. The molecule has 0 aromatic carbocycles. The normalized spacial score (nSPS) is 23.5. The average Bonchev–Trinajstić information content (AvgIpc) is 2.54. The lowest BCUT2D eigenvalue weighted by Gasteiger charge is -2.35. The summed E-state index contributed by atoms with van der Waals surface area (Å²) >= 11 is 0. The maximum Gasteiger partial charge on any atom is 0.251 e. The van der Waals surface area contributed by atoms with Gasteiger partial charge in [0.2, 0.25) is 5.91 Å². The third-order valence-corrected chi connectivity index (χ3v) is 4.14. The quantitative estimate of drug-likeness (QED) is 0.855. The molecule has 7 heteroatoms. The van der Waals surface area contributed by atoms with Crippen LogP contribution in [0, 0.1) is 12.8 Å². The van der Waals surface area contributed by atoms with Crippen molar-refractivity contribution < 1.29 is 14.3 Å². The maximum atomic E-state index is 12.6. The minimum Gasteiger partial charge on any atom is -0.381 e. The number of hydrogen-bond donors (Lipinski definition) is 1. The summed E-state index contributed by atoms with van der Waals surface area (Å²) < 4.78 is 11.0. The number of nitrogens with zero attached hydrogens (tertiary/aromatic N) is 2. The summed E-state index contributed by atoms with van der Waals surface area (Å²) in [7, 11) is 0. The standard InChI is InChI=1S/C15H21N3O4/c1-10-8-13(19)17-14(16-10)12-9-18(4-7-22-12)15(20)11-2-5-21-6-3-11/h8,11-12H,2-7,9H2,1H3,(H,16,17,19)/t12-/m0/s1. The van der Waals surface area contributed by atoms with E-state index in [4.69, 9.17) is 9.47 Å². The Morgan fingerprint density at radius 2 is 2.14 bits per heavy atom. The van der Waals surface area contributed by atoms with Crippen LogP contribution in [0.5, 0.6) is 0 Å². The third-order valence-electron chi connectivity index (χ3n) is 4.14. The molecule has 3 rings (SSSR count). The highest BCUT2D eigenvalue weighted by molar-refractivity contribution is 5.79. The molecule has 0 spiro atoms. The van der Waals surface area contributed by atoms with Crippen molar-refractivity contribution >= 4 is 5.91 Å². The second kappa shape index (κ2) is 6.58. The zero-order valence-corrected chi connectivity index (χ0v) is 12.7. The minimum atomic E-state index is -0.370. The van der Waals surface area contributed by atoms with Gasteiger partial charge in [-0.2, -0.15) is 0 Å². The summed E-state index contributed by atoms with van der Waals surface area (Å²) in [5, 5.41) is 0. The van der Waals surface area contributed by atoms with Crippen LogP contribution in [0.1, 0.15) is 30.5 Å². The van der Waals surface area contributed by atoms with Crippen LogP contribution in [-0.2, 0) is 14.3 Å². The molecule has 22 heavy (non-hydrogen) atoms. The van der Waals surface area contributed by atoms with Gasteiger partial charge in [-0.15, -0.1) is 0 Å². The second-order valence-corrected chi connectivity index (χ2v) is 5.80. The lowest BCUT2D eigenvalue weighted by molar-refractivity contribution is -0.146. The van der Waals surface area contributed by atoms with Gasteiger partial charge in [0.15, 0.2) is 0 Å². The summed E-state index contributed by atoms with van der Waals surface area (Å²) in [4.78, 5) is 33.0. The second-order valence-electron chi connectivity index (χ2n) is 5.80. The Labute approximate surface area is 128 Å². The van der Waals surface area contributed by atoms with Gasteiger partial charge in [0, 0.05) is 37.4 Å². The molecule has 2 aliphatic rings. The summed E-state index contributed by atoms with van der Waals surface area (Å²) in [6.07, 6.45) is 1.19. The van der Waals surface area contributed by atoms with E-state index >= 15 is 0 Å². The van der Waals surface area contributed by atoms with Crippen molar-refractivity contribution in [3.8, 4) is 0 Å². The number of aryl methyl sites for hydroxylation is 1. The molecule has 3 heterocycles. The fourth-order valence-corrected chi connectivity index (χ4v) is 2.97. The highest BCUT2D eigenvalue weighted by Crippen LogP contribution is 2.23. The number of ether oxygens (including phenoxy) is 2. The number of morpholine rings is 1. The van der Waals surface area contributed by atoms with Gasteiger partial charge in [-0.1, -0.05) is 0 Å². The number of carbonyl (C=O) groups excluding carboxylic acids is 1.